The fraction of sp³-hybridized carbons (Fsp3) is 0.714. The molecule has 0 heterocycles. The molecule has 1 aromatic rings. The quantitative estimate of drug-likeness (QED) is 0.140. The number of halogens is 1. The van der Waals surface area contributed by atoms with Crippen molar-refractivity contribution >= 4 is 10.1 Å². The van der Waals surface area contributed by atoms with Crippen LogP contribution in [-0.4, -0.2) is 55.6 Å². The second-order valence-corrected chi connectivity index (χ2v) is 10.9. The lowest BCUT2D eigenvalue weighted by Gasteiger charge is -2.39. The second kappa shape index (κ2) is 18.9. The van der Waals surface area contributed by atoms with E-state index in [-0.39, 0.29) is 12.8 Å². The molecule has 1 rings (SSSR count). The van der Waals surface area contributed by atoms with Gasteiger partial charge in [-0.3, -0.25) is 4.39 Å². The van der Waals surface area contributed by atoms with Crippen LogP contribution in [0.5, 0.6) is 0 Å². The Morgan fingerprint density at radius 3 is 1.59 bits per heavy atom. The SMILES string of the molecule is C#Cc1ccc(CC(CCF)S(=O)(=O)[O-])cc1.CCCC[N+](CCCC)(CCCC)CCCC. The lowest BCUT2D eigenvalue weighted by molar-refractivity contribution is -0.929. The van der Waals surface area contributed by atoms with Crippen LogP contribution in [0.2, 0.25) is 0 Å². The van der Waals surface area contributed by atoms with Crippen LogP contribution in [0, 0.1) is 12.3 Å². The van der Waals surface area contributed by atoms with E-state index in [1.54, 1.807) is 24.3 Å². The highest BCUT2D eigenvalue weighted by Gasteiger charge is 2.24. The molecular weight excluding hydrogens is 449 g/mol. The van der Waals surface area contributed by atoms with Gasteiger partial charge in [0.1, 0.15) is 0 Å². The van der Waals surface area contributed by atoms with Gasteiger partial charge in [0.25, 0.3) is 0 Å². The molecule has 4 nitrogen and oxygen atoms in total. The first-order chi connectivity index (χ1) is 16.2. The first kappa shape index (κ1) is 32.6. The highest BCUT2D eigenvalue weighted by molar-refractivity contribution is 7.86. The number of unbranched alkanes of at least 4 members (excludes halogenated alkanes) is 4. The molecule has 1 atom stereocenters. The van der Waals surface area contributed by atoms with Crippen molar-refractivity contribution in [3.05, 3.63) is 35.4 Å². The topological polar surface area (TPSA) is 57.2 Å². The van der Waals surface area contributed by atoms with E-state index in [4.69, 9.17) is 6.42 Å². The standard InChI is InChI=1S/C16H36N.C12H13FO3S/c1-5-9-13-17(14-10-6-2,15-11-7-3)16-12-8-4;1-2-10-3-5-11(6-4-10)9-12(7-8-13)17(14,15)16/h5-16H2,1-4H3;1,3-6,12H,7-9H2,(H,14,15,16)/q+1;/p-1. The zero-order valence-corrected chi connectivity index (χ0v) is 22.8. The van der Waals surface area contributed by atoms with E-state index >= 15 is 0 Å². The summed E-state index contributed by atoms with van der Waals surface area (Å²) in [5.74, 6) is 2.42. The highest BCUT2D eigenvalue weighted by atomic mass is 32.2. The number of nitrogens with zero attached hydrogens (tertiary/aromatic N) is 1. The number of alkyl halides is 1. The summed E-state index contributed by atoms with van der Waals surface area (Å²) in [6, 6.07) is 6.59. The molecule has 0 bridgehead atoms. The Bertz CT molecular complexity index is 734. The Morgan fingerprint density at radius 2 is 1.29 bits per heavy atom. The van der Waals surface area contributed by atoms with Crippen molar-refractivity contribution in [3.63, 3.8) is 0 Å². The second-order valence-electron chi connectivity index (χ2n) is 9.29. The summed E-state index contributed by atoms with van der Waals surface area (Å²) >= 11 is 0. The van der Waals surface area contributed by atoms with E-state index < -0.39 is 22.0 Å². The molecule has 6 heteroatoms. The van der Waals surface area contributed by atoms with Gasteiger partial charge in [-0.25, -0.2) is 8.42 Å². The molecular formula is C28H48FNO3S. The van der Waals surface area contributed by atoms with Crippen LogP contribution in [0.1, 0.15) is 96.6 Å². The normalized spacial score (nSPS) is 12.5. The van der Waals surface area contributed by atoms with Crippen LogP contribution in [0.25, 0.3) is 0 Å². The molecule has 0 aromatic heterocycles. The summed E-state index contributed by atoms with van der Waals surface area (Å²) in [5, 5.41) is -1.22. The van der Waals surface area contributed by atoms with Crippen molar-refractivity contribution in [2.24, 2.45) is 0 Å². The average molecular weight is 498 g/mol. The van der Waals surface area contributed by atoms with Gasteiger partial charge in [-0.2, -0.15) is 0 Å². The van der Waals surface area contributed by atoms with E-state index in [1.807, 2.05) is 0 Å². The van der Waals surface area contributed by atoms with Gasteiger partial charge in [0.05, 0.1) is 48.2 Å². The molecule has 1 unspecified atom stereocenters. The first-order valence-corrected chi connectivity index (χ1v) is 14.6. The van der Waals surface area contributed by atoms with Crippen molar-refractivity contribution in [2.75, 3.05) is 32.9 Å². The molecule has 0 spiro atoms. The van der Waals surface area contributed by atoms with E-state index in [0.717, 1.165) is 0 Å². The fourth-order valence-corrected chi connectivity index (χ4v) is 4.89. The van der Waals surface area contributed by atoms with Crippen LogP contribution < -0.4 is 0 Å². The van der Waals surface area contributed by atoms with E-state index in [0.29, 0.717) is 11.1 Å². The van der Waals surface area contributed by atoms with Crippen molar-refractivity contribution < 1.29 is 21.8 Å². The van der Waals surface area contributed by atoms with E-state index in [2.05, 4.69) is 33.6 Å². The summed E-state index contributed by atoms with van der Waals surface area (Å²) in [7, 11) is -4.47. The number of terminal acetylenes is 1. The minimum Gasteiger partial charge on any atom is -0.748 e. The summed E-state index contributed by atoms with van der Waals surface area (Å²) in [5.41, 5.74) is 1.32. The highest BCUT2D eigenvalue weighted by Crippen LogP contribution is 2.17. The molecule has 34 heavy (non-hydrogen) atoms. The van der Waals surface area contributed by atoms with Crippen LogP contribution in [0.15, 0.2) is 24.3 Å². The van der Waals surface area contributed by atoms with Gasteiger partial charge in [-0.1, -0.05) is 71.4 Å². The molecule has 0 aliphatic carbocycles. The van der Waals surface area contributed by atoms with E-state index in [9.17, 15) is 17.4 Å². The molecule has 0 saturated heterocycles. The van der Waals surface area contributed by atoms with Gasteiger partial charge in [-0.15, -0.1) is 6.42 Å². The van der Waals surface area contributed by atoms with Crippen LogP contribution >= 0.6 is 0 Å². The maximum atomic E-state index is 12.2. The van der Waals surface area contributed by atoms with Crippen molar-refractivity contribution in [1.29, 1.82) is 0 Å². The lowest BCUT2D eigenvalue weighted by atomic mass is 10.1. The summed E-state index contributed by atoms with van der Waals surface area (Å²) in [6.45, 7) is 14.2. The Morgan fingerprint density at radius 1 is 0.882 bits per heavy atom. The Hall–Kier alpha value is -1.42. The minimum absolute atomic E-state index is 0.0145. The number of hydrogen-bond acceptors (Lipinski definition) is 3. The summed E-state index contributed by atoms with van der Waals surface area (Å²) in [4.78, 5) is 0. The van der Waals surface area contributed by atoms with Gasteiger partial charge in [0, 0.05) is 5.56 Å². The predicted octanol–water partition coefficient (Wildman–Crippen LogP) is 6.49. The third-order valence-electron chi connectivity index (χ3n) is 6.37. The Kier molecular flexibility index (Phi) is 18.1. The fourth-order valence-electron chi connectivity index (χ4n) is 4.12. The Labute approximate surface area is 209 Å². The third kappa shape index (κ3) is 14.1. The first-order valence-electron chi connectivity index (χ1n) is 13.1. The molecule has 0 N–H and O–H groups in total. The number of benzene rings is 1. The van der Waals surface area contributed by atoms with Gasteiger partial charge < -0.3 is 9.04 Å². The number of quaternary nitrogens is 1. The van der Waals surface area contributed by atoms with E-state index in [1.165, 1.54) is 82.0 Å². The largest absolute Gasteiger partial charge is 0.748 e. The molecule has 0 amide bonds. The maximum absolute atomic E-state index is 12.2. The minimum atomic E-state index is -4.47. The zero-order chi connectivity index (χ0) is 25.9. The van der Waals surface area contributed by atoms with Crippen molar-refractivity contribution in [2.45, 2.75) is 97.2 Å². The van der Waals surface area contributed by atoms with Gasteiger partial charge in [0.2, 0.25) is 0 Å². The van der Waals surface area contributed by atoms with Gasteiger partial charge in [0.15, 0.2) is 0 Å². The summed E-state index contributed by atoms with van der Waals surface area (Å²) < 4.78 is 46.3. The van der Waals surface area contributed by atoms with Crippen LogP contribution in [-0.2, 0) is 16.5 Å². The lowest BCUT2D eigenvalue weighted by Crippen LogP contribution is -2.50. The monoisotopic (exact) mass is 497 g/mol. The van der Waals surface area contributed by atoms with Crippen LogP contribution in [0.4, 0.5) is 4.39 Å². The molecule has 0 fully saturated rings. The summed E-state index contributed by atoms with van der Waals surface area (Å²) in [6.07, 6.45) is 16.0. The molecule has 1 aromatic carbocycles. The average Bonchev–Trinajstić information content (AvgIpc) is 2.83. The third-order valence-corrected chi connectivity index (χ3v) is 7.59. The molecule has 0 aliphatic heterocycles. The predicted molar refractivity (Wildman–Crippen MR) is 142 cm³/mol. The molecule has 0 aliphatic rings. The zero-order valence-electron chi connectivity index (χ0n) is 22.0. The molecule has 0 saturated carbocycles. The van der Waals surface area contributed by atoms with Crippen molar-refractivity contribution in [3.8, 4) is 12.3 Å². The van der Waals surface area contributed by atoms with Gasteiger partial charge in [-0.05, 0) is 56.2 Å². The number of hydrogen-bond donors (Lipinski definition) is 0. The van der Waals surface area contributed by atoms with Gasteiger partial charge >= 0.3 is 0 Å². The molecule has 196 valence electrons. The Balaban J connectivity index is 0.000000641. The number of rotatable bonds is 17. The molecule has 0 radical (unpaired) electrons. The smallest absolute Gasteiger partial charge is 0.0979 e. The maximum Gasteiger partial charge on any atom is 0.0979 e. The van der Waals surface area contributed by atoms with Crippen LogP contribution in [0.3, 0.4) is 0 Å². The van der Waals surface area contributed by atoms with Crippen molar-refractivity contribution in [1.82, 2.24) is 0 Å².